The minimum Gasteiger partial charge on any atom is -0.356 e. The molecule has 1 atom stereocenters. The number of hydrogen-bond acceptors (Lipinski definition) is 2. The fraction of sp³-hybridized carbons (Fsp3) is 0.529. The third kappa shape index (κ3) is 6.26. The molecule has 2 N–H and O–H groups in total. The van der Waals surface area contributed by atoms with Crippen molar-refractivity contribution >= 4 is 11.9 Å². The summed E-state index contributed by atoms with van der Waals surface area (Å²) in [6.45, 7) is 6.53. The quantitative estimate of drug-likeness (QED) is 0.624. The first-order valence-corrected chi connectivity index (χ1v) is 7.86. The summed E-state index contributed by atoms with van der Waals surface area (Å²) in [6.07, 6.45) is 0.940. The lowest BCUT2D eigenvalue weighted by atomic mass is 10.1. The smallest absolute Gasteiger partial charge is 0.243 e. The van der Waals surface area contributed by atoms with Crippen LogP contribution in [-0.4, -0.2) is 44.0 Å². The number of aliphatic imine (C=N–C) groups is 1. The number of likely N-dealkylation sites (N-methyl/N-ethyl adjacent to an activating group) is 1. The Kier molecular flexibility index (Phi) is 7.51. The lowest BCUT2D eigenvalue weighted by Crippen LogP contribution is -2.40. The Morgan fingerprint density at radius 2 is 2.09 bits per heavy atom. The molecule has 1 aromatic carbocycles. The molecule has 0 spiro atoms. The van der Waals surface area contributed by atoms with Gasteiger partial charge in [-0.15, -0.1) is 0 Å². The van der Waals surface area contributed by atoms with Crippen LogP contribution in [0.4, 0.5) is 4.39 Å². The number of aryl methyl sites for hydroxylation is 1. The molecule has 23 heavy (non-hydrogen) atoms. The number of halogens is 1. The standard InChI is InChI=1S/C17H27FN4O/c1-6-9-19-17(20-11-16(23)22(4)5)21-13(3)14-8-7-12(2)15(18)10-14/h7-8,10,13H,6,9,11H2,1-5H3,(H2,19,20,21). The molecule has 0 heterocycles. The van der Waals surface area contributed by atoms with Crippen LogP contribution in [0.15, 0.2) is 23.2 Å². The Labute approximate surface area is 138 Å². The highest BCUT2D eigenvalue weighted by Crippen LogP contribution is 2.16. The first-order chi connectivity index (χ1) is 10.8. The molecular formula is C17H27FN4O. The zero-order valence-electron chi connectivity index (χ0n) is 14.6. The molecule has 0 aliphatic heterocycles. The number of guanidine groups is 1. The molecule has 5 nitrogen and oxygen atoms in total. The normalized spacial score (nSPS) is 12.7. The first kappa shape index (κ1) is 18.9. The second-order valence-corrected chi connectivity index (χ2v) is 5.75. The average Bonchev–Trinajstić information content (AvgIpc) is 2.51. The summed E-state index contributed by atoms with van der Waals surface area (Å²) in [7, 11) is 3.39. The van der Waals surface area contributed by atoms with E-state index in [-0.39, 0.29) is 24.3 Å². The number of nitrogens with zero attached hydrogens (tertiary/aromatic N) is 2. The lowest BCUT2D eigenvalue weighted by Gasteiger charge is -2.19. The maximum atomic E-state index is 13.7. The molecule has 0 bridgehead atoms. The van der Waals surface area contributed by atoms with Gasteiger partial charge in [0.15, 0.2) is 5.96 Å². The fourth-order valence-electron chi connectivity index (χ4n) is 1.85. The number of carbonyl (C=O) groups excluding carboxylic acids is 1. The molecule has 128 valence electrons. The van der Waals surface area contributed by atoms with E-state index >= 15 is 0 Å². The molecule has 0 aliphatic carbocycles. The number of benzene rings is 1. The Morgan fingerprint density at radius 3 is 2.65 bits per heavy atom. The summed E-state index contributed by atoms with van der Waals surface area (Å²) >= 11 is 0. The van der Waals surface area contributed by atoms with Gasteiger partial charge in [0.2, 0.25) is 5.91 Å². The zero-order chi connectivity index (χ0) is 17.4. The van der Waals surface area contributed by atoms with E-state index in [4.69, 9.17) is 0 Å². The van der Waals surface area contributed by atoms with Gasteiger partial charge < -0.3 is 15.5 Å². The summed E-state index contributed by atoms with van der Waals surface area (Å²) < 4.78 is 13.7. The van der Waals surface area contributed by atoms with Crippen LogP contribution in [0.2, 0.25) is 0 Å². The van der Waals surface area contributed by atoms with Gasteiger partial charge in [0.25, 0.3) is 0 Å². The van der Waals surface area contributed by atoms with Crippen LogP contribution >= 0.6 is 0 Å². The van der Waals surface area contributed by atoms with Crippen LogP contribution in [0.3, 0.4) is 0 Å². The van der Waals surface area contributed by atoms with Crippen LogP contribution in [0.25, 0.3) is 0 Å². The largest absolute Gasteiger partial charge is 0.356 e. The van der Waals surface area contributed by atoms with Crippen molar-refractivity contribution in [3.05, 3.63) is 35.1 Å². The summed E-state index contributed by atoms with van der Waals surface area (Å²) in [5.41, 5.74) is 1.45. The monoisotopic (exact) mass is 322 g/mol. The van der Waals surface area contributed by atoms with Crippen LogP contribution in [-0.2, 0) is 4.79 Å². The SMILES string of the molecule is CCCNC(=NCC(=O)N(C)C)NC(C)c1ccc(C)c(F)c1. The molecule has 0 saturated carbocycles. The highest BCUT2D eigenvalue weighted by molar-refractivity contribution is 5.85. The first-order valence-electron chi connectivity index (χ1n) is 7.86. The van der Waals surface area contributed by atoms with Crippen LogP contribution < -0.4 is 10.6 Å². The van der Waals surface area contributed by atoms with Gasteiger partial charge >= 0.3 is 0 Å². The van der Waals surface area contributed by atoms with Gasteiger partial charge in [-0.3, -0.25) is 4.79 Å². The van der Waals surface area contributed by atoms with E-state index < -0.39 is 0 Å². The molecule has 0 radical (unpaired) electrons. The molecular weight excluding hydrogens is 295 g/mol. The van der Waals surface area contributed by atoms with E-state index in [0.29, 0.717) is 11.5 Å². The van der Waals surface area contributed by atoms with E-state index in [9.17, 15) is 9.18 Å². The lowest BCUT2D eigenvalue weighted by molar-refractivity contribution is -0.127. The van der Waals surface area contributed by atoms with Gasteiger partial charge in [0.1, 0.15) is 12.4 Å². The van der Waals surface area contributed by atoms with Crippen molar-refractivity contribution < 1.29 is 9.18 Å². The number of nitrogens with one attached hydrogen (secondary N) is 2. The third-order valence-corrected chi connectivity index (χ3v) is 3.46. The van der Waals surface area contributed by atoms with Gasteiger partial charge in [-0.1, -0.05) is 19.1 Å². The number of rotatable bonds is 6. The van der Waals surface area contributed by atoms with E-state index in [1.165, 1.54) is 11.0 Å². The molecule has 0 aliphatic rings. The van der Waals surface area contributed by atoms with E-state index in [1.54, 1.807) is 27.1 Å². The Hall–Kier alpha value is -2.11. The van der Waals surface area contributed by atoms with Gasteiger partial charge in [-0.25, -0.2) is 9.38 Å². The van der Waals surface area contributed by atoms with E-state index in [1.807, 2.05) is 19.9 Å². The minimum atomic E-state index is -0.223. The topological polar surface area (TPSA) is 56.7 Å². The average molecular weight is 322 g/mol. The molecule has 0 saturated heterocycles. The van der Waals surface area contributed by atoms with Crippen molar-refractivity contribution in [1.29, 1.82) is 0 Å². The van der Waals surface area contributed by atoms with Crippen LogP contribution in [0, 0.1) is 12.7 Å². The predicted octanol–water partition coefficient (Wildman–Crippen LogP) is 2.23. The number of hydrogen-bond donors (Lipinski definition) is 2. The number of amides is 1. The predicted molar refractivity (Wildman–Crippen MR) is 92.0 cm³/mol. The van der Waals surface area contributed by atoms with Gasteiger partial charge in [-0.2, -0.15) is 0 Å². The van der Waals surface area contributed by atoms with Gasteiger partial charge in [-0.05, 0) is 37.5 Å². The fourth-order valence-corrected chi connectivity index (χ4v) is 1.85. The van der Waals surface area contributed by atoms with E-state index in [0.717, 1.165) is 18.5 Å². The van der Waals surface area contributed by atoms with Crippen molar-refractivity contribution in [2.24, 2.45) is 4.99 Å². The third-order valence-electron chi connectivity index (χ3n) is 3.46. The van der Waals surface area contributed by atoms with Gasteiger partial charge in [0.05, 0.1) is 6.04 Å². The van der Waals surface area contributed by atoms with Gasteiger partial charge in [0, 0.05) is 20.6 Å². The second kappa shape index (κ2) is 9.12. The maximum Gasteiger partial charge on any atom is 0.243 e. The summed E-state index contributed by atoms with van der Waals surface area (Å²) in [5.74, 6) is 0.256. The second-order valence-electron chi connectivity index (χ2n) is 5.75. The summed E-state index contributed by atoms with van der Waals surface area (Å²) in [5, 5.41) is 6.38. The number of carbonyl (C=O) groups is 1. The minimum absolute atomic E-state index is 0.0705. The summed E-state index contributed by atoms with van der Waals surface area (Å²) in [4.78, 5) is 17.5. The highest BCUT2D eigenvalue weighted by atomic mass is 19.1. The van der Waals surface area contributed by atoms with Crippen molar-refractivity contribution in [1.82, 2.24) is 15.5 Å². The van der Waals surface area contributed by atoms with Crippen molar-refractivity contribution in [3.8, 4) is 0 Å². The molecule has 1 aromatic rings. The Bertz CT molecular complexity index is 558. The zero-order valence-corrected chi connectivity index (χ0v) is 14.6. The molecule has 0 fully saturated rings. The molecule has 1 rings (SSSR count). The highest BCUT2D eigenvalue weighted by Gasteiger charge is 2.11. The van der Waals surface area contributed by atoms with Crippen molar-refractivity contribution in [2.75, 3.05) is 27.2 Å². The Balaban J connectivity index is 2.80. The Morgan fingerprint density at radius 1 is 1.39 bits per heavy atom. The molecule has 0 aromatic heterocycles. The van der Waals surface area contributed by atoms with Crippen LogP contribution in [0.5, 0.6) is 0 Å². The van der Waals surface area contributed by atoms with Crippen molar-refractivity contribution in [2.45, 2.75) is 33.2 Å². The molecule has 1 unspecified atom stereocenters. The van der Waals surface area contributed by atoms with E-state index in [2.05, 4.69) is 15.6 Å². The maximum absolute atomic E-state index is 13.7. The summed E-state index contributed by atoms with van der Waals surface area (Å²) in [6, 6.07) is 5.05. The molecule has 1 amide bonds. The van der Waals surface area contributed by atoms with Crippen molar-refractivity contribution in [3.63, 3.8) is 0 Å². The molecule has 6 heteroatoms. The van der Waals surface area contributed by atoms with Crippen LogP contribution in [0.1, 0.15) is 37.4 Å².